The van der Waals surface area contributed by atoms with Crippen LogP contribution in [-0.2, 0) is 13.1 Å². The van der Waals surface area contributed by atoms with Gasteiger partial charge in [0.15, 0.2) is 5.96 Å². The second-order valence-corrected chi connectivity index (χ2v) is 6.80. The molecule has 1 aromatic carbocycles. The number of nitrogens with one attached hydrogen (secondary N) is 1. The number of hydrogen-bond donors (Lipinski definition) is 1. The van der Waals surface area contributed by atoms with Crippen LogP contribution in [0.2, 0.25) is 5.02 Å². The fourth-order valence-corrected chi connectivity index (χ4v) is 3.09. The van der Waals surface area contributed by atoms with Gasteiger partial charge in [-0.3, -0.25) is 4.99 Å². The second-order valence-electron chi connectivity index (χ2n) is 5.30. The smallest absolute Gasteiger partial charge is 0.194 e. The molecule has 2 rings (SSSR count). The minimum absolute atomic E-state index is 0.602. The SMILES string of the molecule is CCOc1cc(Cl)ccc1CNC(=NC)N(C)Cc1csc(C)n1. The molecule has 0 aliphatic heterocycles. The summed E-state index contributed by atoms with van der Waals surface area (Å²) in [6, 6.07) is 5.68. The number of aliphatic imine (C=N–C) groups is 1. The van der Waals surface area contributed by atoms with Crippen LogP contribution in [0, 0.1) is 6.92 Å². The highest BCUT2D eigenvalue weighted by Crippen LogP contribution is 2.23. The first-order valence-electron chi connectivity index (χ1n) is 7.77. The lowest BCUT2D eigenvalue weighted by atomic mass is 10.2. The van der Waals surface area contributed by atoms with E-state index in [9.17, 15) is 0 Å². The van der Waals surface area contributed by atoms with Crippen molar-refractivity contribution in [3.63, 3.8) is 0 Å². The van der Waals surface area contributed by atoms with Crippen LogP contribution in [0.3, 0.4) is 0 Å². The van der Waals surface area contributed by atoms with Gasteiger partial charge in [0.2, 0.25) is 0 Å². The number of aromatic nitrogens is 1. The zero-order chi connectivity index (χ0) is 17.5. The molecular formula is C17H23ClN4OS. The van der Waals surface area contributed by atoms with Crippen LogP contribution in [0.1, 0.15) is 23.2 Å². The third-order valence-electron chi connectivity index (χ3n) is 3.41. The lowest BCUT2D eigenvalue weighted by Crippen LogP contribution is -2.38. The van der Waals surface area contributed by atoms with Crippen molar-refractivity contribution in [3.8, 4) is 5.75 Å². The number of ether oxygens (including phenoxy) is 1. The number of halogens is 1. The van der Waals surface area contributed by atoms with E-state index in [1.54, 1.807) is 18.4 Å². The molecule has 0 fully saturated rings. The van der Waals surface area contributed by atoms with Crippen molar-refractivity contribution in [1.82, 2.24) is 15.2 Å². The predicted molar refractivity (Wildman–Crippen MR) is 101 cm³/mol. The molecule has 0 aliphatic rings. The number of nitrogens with zero attached hydrogens (tertiary/aromatic N) is 3. The van der Waals surface area contributed by atoms with Gasteiger partial charge in [0.25, 0.3) is 0 Å². The summed E-state index contributed by atoms with van der Waals surface area (Å²) in [7, 11) is 3.77. The Morgan fingerprint density at radius 2 is 2.25 bits per heavy atom. The van der Waals surface area contributed by atoms with E-state index in [0.29, 0.717) is 24.7 Å². The van der Waals surface area contributed by atoms with Crippen molar-refractivity contribution >= 4 is 28.9 Å². The van der Waals surface area contributed by atoms with Crippen molar-refractivity contribution in [2.45, 2.75) is 26.9 Å². The molecule has 0 amide bonds. The van der Waals surface area contributed by atoms with Gasteiger partial charge in [-0.1, -0.05) is 17.7 Å². The van der Waals surface area contributed by atoms with Gasteiger partial charge in [-0.15, -0.1) is 11.3 Å². The lowest BCUT2D eigenvalue weighted by molar-refractivity contribution is 0.336. The summed E-state index contributed by atoms with van der Waals surface area (Å²) in [6.45, 7) is 5.89. The Labute approximate surface area is 152 Å². The Hall–Kier alpha value is -1.79. The first kappa shape index (κ1) is 18.5. The van der Waals surface area contributed by atoms with Crippen LogP contribution in [0.4, 0.5) is 0 Å². The van der Waals surface area contributed by atoms with Gasteiger partial charge < -0.3 is 15.0 Å². The molecule has 1 aromatic heterocycles. The maximum Gasteiger partial charge on any atom is 0.194 e. The Morgan fingerprint density at radius 1 is 1.46 bits per heavy atom. The summed E-state index contributed by atoms with van der Waals surface area (Å²) in [6.07, 6.45) is 0. The van der Waals surface area contributed by atoms with Crippen LogP contribution < -0.4 is 10.1 Å². The van der Waals surface area contributed by atoms with Gasteiger partial charge in [-0.25, -0.2) is 4.98 Å². The summed E-state index contributed by atoms with van der Waals surface area (Å²) in [5.41, 5.74) is 2.09. The number of thiazole rings is 1. The van der Waals surface area contributed by atoms with Crippen LogP contribution in [0.25, 0.3) is 0 Å². The molecule has 1 N–H and O–H groups in total. The third kappa shape index (κ3) is 5.11. The largest absolute Gasteiger partial charge is 0.493 e. The molecule has 0 saturated heterocycles. The normalized spacial score (nSPS) is 11.5. The van der Waals surface area contributed by atoms with E-state index in [2.05, 4.69) is 20.7 Å². The Morgan fingerprint density at radius 3 is 2.88 bits per heavy atom. The van der Waals surface area contributed by atoms with Crippen LogP contribution in [0.5, 0.6) is 5.75 Å². The number of benzene rings is 1. The van der Waals surface area contributed by atoms with E-state index in [4.69, 9.17) is 16.3 Å². The quantitative estimate of drug-likeness (QED) is 0.625. The number of hydrogen-bond acceptors (Lipinski definition) is 4. The molecule has 5 nitrogen and oxygen atoms in total. The third-order valence-corrected chi connectivity index (χ3v) is 4.46. The van der Waals surface area contributed by atoms with Crippen molar-refractivity contribution in [3.05, 3.63) is 44.9 Å². The van der Waals surface area contributed by atoms with Gasteiger partial charge in [0.1, 0.15) is 5.75 Å². The molecule has 0 bridgehead atoms. The average Bonchev–Trinajstić information content (AvgIpc) is 2.95. The first-order chi connectivity index (χ1) is 11.5. The van der Waals surface area contributed by atoms with Gasteiger partial charge in [0.05, 0.1) is 23.9 Å². The summed E-state index contributed by atoms with van der Waals surface area (Å²) in [4.78, 5) is 10.9. The molecule has 7 heteroatoms. The number of aryl methyl sites for hydroxylation is 1. The van der Waals surface area contributed by atoms with Crippen molar-refractivity contribution in [1.29, 1.82) is 0 Å². The maximum atomic E-state index is 6.05. The molecular weight excluding hydrogens is 344 g/mol. The summed E-state index contributed by atoms with van der Waals surface area (Å²) in [5, 5.41) is 7.18. The number of guanidine groups is 1. The summed E-state index contributed by atoms with van der Waals surface area (Å²) >= 11 is 7.70. The second kappa shape index (κ2) is 8.89. The van der Waals surface area contributed by atoms with Crippen molar-refractivity contribution in [2.75, 3.05) is 20.7 Å². The standard InChI is InChI=1S/C17H23ClN4OS/c1-5-23-16-8-14(18)7-6-13(16)9-20-17(19-3)22(4)10-15-11-24-12(2)21-15/h6-8,11H,5,9-10H2,1-4H3,(H,19,20). The van der Waals surface area contributed by atoms with Crippen LogP contribution >= 0.6 is 22.9 Å². The Bertz CT molecular complexity index is 702. The molecule has 1 heterocycles. The average molecular weight is 367 g/mol. The monoisotopic (exact) mass is 366 g/mol. The fraction of sp³-hybridized carbons (Fsp3) is 0.412. The number of rotatable bonds is 6. The van der Waals surface area contributed by atoms with E-state index >= 15 is 0 Å². The van der Waals surface area contributed by atoms with E-state index < -0.39 is 0 Å². The molecule has 0 spiro atoms. The molecule has 130 valence electrons. The van der Waals surface area contributed by atoms with E-state index in [-0.39, 0.29) is 0 Å². The molecule has 0 unspecified atom stereocenters. The van der Waals surface area contributed by atoms with E-state index in [0.717, 1.165) is 28.0 Å². The zero-order valence-electron chi connectivity index (χ0n) is 14.5. The summed E-state index contributed by atoms with van der Waals surface area (Å²) in [5.74, 6) is 1.60. The highest BCUT2D eigenvalue weighted by molar-refractivity contribution is 7.09. The first-order valence-corrected chi connectivity index (χ1v) is 9.03. The van der Waals surface area contributed by atoms with Gasteiger partial charge in [0, 0.05) is 36.6 Å². The minimum Gasteiger partial charge on any atom is -0.493 e. The molecule has 2 aromatic rings. The Balaban J connectivity index is 2.00. The molecule has 0 radical (unpaired) electrons. The van der Waals surface area contributed by atoms with E-state index in [1.165, 1.54) is 0 Å². The van der Waals surface area contributed by atoms with Crippen LogP contribution in [0.15, 0.2) is 28.6 Å². The highest BCUT2D eigenvalue weighted by atomic mass is 35.5. The van der Waals surface area contributed by atoms with Gasteiger partial charge >= 0.3 is 0 Å². The van der Waals surface area contributed by atoms with Gasteiger partial charge in [-0.05, 0) is 26.0 Å². The maximum absolute atomic E-state index is 6.05. The fourth-order valence-electron chi connectivity index (χ4n) is 2.32. The van der Waals surface area contributed by atoms with Crippen molar-refractivity contribution in [2.24, 2.45) is 4.99 Å². The lowest BCUT2D eigenvalue weighted by Gasteiger charge is -2.22. The topological polar surface area (TPSA) is 49.8 Å². The molecule has 24 heavy (non-hydrogen) atoms. The highest BCUT2D eigenvalue weighted by Gasteiger charge is 2.10. The van der Waals surface area contributed by atoms with Gasteiger partial charge in [-0.2, -0.15) is 0 Å². The van der Waals surface area contributed by atoms with Crippen LogP contribution in [-0.4, -0.2) is 36.5 Å². The molecule has 0 atom stereocenters. The van der Waals surface area contributed by atoms with E-state index in [1.807, 2.05) is 44.0 Å². The van der Waals surface area contributed by atoms with Crippen molar-refractivity contribution < 1.29 is 4.74 Å². The summed E-state index contributed by atoms with van der Waals surface area (Å²) < 4.78 is 5.66. The predicted octanol–water partition coefficient (Wildman–Crippen LogP) is 3.71. The minimum atomic E-state index is 0.602. The zero-order valence-corrected chi connectivity index (χ0v) is 16.0. The Kier molecular flexibility index (Phi) is 6.87. The molecule has 0 aliphatic carbocycles. The molecule has 0 saturated carbocycles.